The molecule has 0 bridgehead atoms. The lowest BCUT2D eigenvalue weighted by molar-refractivity contribution is 0.282. The molecular formula is C13H9BrO2. The molecule has 2 aromatic carbocycles. The van der Waals surface area contributed by atoms with Crippen molar-refractivity contribution in [2.24, 2.45) is 0 Å². The fraction of sp³-hybridized carbons (Fsp3) is 0.0769. The summed E-state index contributed by atoms with van der Waals surface area (Å²) in [4.78, 5) is 0. The van der Waals surface area contributed by atoms with E-state index in [1.165, 1.54) is 0 Å². The van der Waals surface area contributed by atoms with E-state index in [9.17, 15) is 0 Å². The first kappa shape index (κ1) is 9.87. The van der Waals surface area contributed by atoms with Crippen LogP contribution in [-0.2, 0) is 6.61 Å². The van der Waals surface area contributed by atoms with Crippen molar-refractivity contribution in [2.75, 3.05) is 0 Å². The second-order valence-electron chi connectivity index (χ2n) is 3.73. The molecule has 0 saturated heterocycles. The maximum absolute atomic E-state index is 9.07. The molecule has 3 aromatic rings. The summed E-state index contributed by atoms with van der Waals surface area (Å²) in [6.45, 7) is 0.0384. The van der Waals surface area contributed by atoms with Gasteiger partial charge in [0.15, 0.2) is 0 Å². The second kappa shape index (κ2) is 3.61. The normalized spacial score (nSPS) is 11.4. The zero-order valence-corrected chi connectivity index (χ0v) is 9.99. The topological polar surface area (TPSA) is 33.4 Å². The molecule has 0 radical (unpaired) electrons. The number of rotatable bonds is 1. The molecule has 0 aliphatic carbocycles. The van der Waals surface area contributed by atoms with Crippen molar-refractivity contribution in [2.45, 2.75) is 6.61 Å². The quantitative estimate of drug-likeness (QED) is 0.733. The Morgan fingerprint density at radius 2 is 1.88 bits per heavy atom. The summed E-state index contributed by atoms with van der Waals surface area (Å²) in [5.41, 5.74) is 2.55. The molecular weight excluding hydrogens is 268 g/mol. The molecule has 0 saturated carbocycles. The Bertz CT molecular complexity index is 670. The van der Waals surface area contributed by atoms with E-state index in [0.717, 1.165) is 32.0 Å². The van der Waals surface area contributed by atoms with Gasteiger partial charge in [-0.15, -0.1) is 0 Å². The van der Waals surface area contributed by atoms with Crippen molar-refractivity contribution in [3.63, 3.8) is 0 Å². The number of hydrogen-bond donors (Lipinski definition) is 1. The van der Waals surface area contributed by atoms with Gasteiger partial charge in [0.1, 0.15) is 11.2 Å². The van der Waals surface area contributed by atoms with Crippen LogP contribution in [0.1, 0.15) is 5.56 Å². The third-order valence-corrected chi connectivity index (χ3v) is 3.17. The third kappa shape index (κ3) is 1.44. The molecule has 0 aliphatic heterocycles. The van der Waals surface area contributed by atoms with Crippen LogP contribution in [0.25, 0.3) is 21.9 Å². The number of benzene rings is 2. The van der Waals surface area contributed by atoms with E-state index in [4.69, 9.17) is 9.52 Å². The van der Waals surface area contributed by atoms with Crippen molar-refractivity contribution in [1.29, 1.82) is 0 Å². The Labute approximate surface area is 101 Å². The molecule has 80 valence electrons. The minimum absolute atomic E-state index is 0.0384. The number of aliphatic hydroxyl groups is 1. The van der Waals surface area contributed by atoms with Gasteiger partial charge < -0.3 is 9.52 Å². The SMILES string of the molecule is OCc1ccc2c(c1)oc1ccc(Br)cc12. The van der Waals surface area contributed by atoms with Crippen LogP contribution >= 0.6 is 15.9 Å². The number of furan rings is 1. The molecule has 2 nitrogen and oxygen atoms in total. The fourth-order valence-corrected chi connectivity index (χ4v) is 2.25. The molecule has 0 fully saturated rings. The minimum atomic E-state index is 0.0384. The first-order valence-electron chi connectivity index (χ1n) is 4.99. The first-order valence-corrected chi connectivity index (χ1v) is 5.79. The molecule has 1 heterocycles. The van der Waals surface area contributed by atoms with Gasteiger partial charge in [-0.25, -0.2) is 0 Å². The predicted octanol–water partition coefficient (Wildman–Crippen LogP) is 3.84. The standard InChI is InChI=1S/C13H9BrO2/c14-9-2-4-12-11(6-9)10-3-1-8(7-15)5-13(10)16-12/h1-6,15H,7H2. The van der Waals surface area contributed by atoms with Gasteiger partial charge in [-0.05, 0) is 29.8 Å². The Morgan fingerprint density at radius 3 is 2.69 bits per heavy atom. The minimum Gasteiger partial charge on any atom is -0.456 e. The van der Waals surface area contributed by atoms with Gasteiger partial charge in [-0.3, -0.25) is 0 Å². The van der Waals surface area contributed by atoms with Gasteiger partial charge >= 0.3 is 0 Å². The van der Waals surface area contributed by atoms with Crippen molar-refractivity contribution < 1.29 is 9.52 Å². The van der Waals surface area contributed by atoms with Gasteiger partial charge in [-0.2, -0.15) is 0 Å². The number of aliphatic hydroxyl groups excluding tert-OH is 1. The highest BCUT2D eigenvalue weighted by Gasteiger charge is 2.07. The Morgan fingerprint density at radius 1 is 1.00 bits per heavy atom. The molecule has 3 heteroatoms. The molecule has 1 N–H and O–H groups in total. The van der Waals surface area contributed by atoms with E-state index in [1.54, 1.807) is 0 Å². The van der Waals surface area contributed by atoms with E-state index >= 15 is 0 Å². The fourth-order valence-electron chi connectivity index (χ4n) is 1.89. The van der Waals surface area contributed by atoms with Gasteiger partial charge in [-0.1, -0.05) is 28.1 Å². The summed E-state index contributed by atoms with van der Waals surface area (Å²) in [6.07, 6.45) is 0. The van der Waals surface area contributed by atoms with Crippen LogP contribution in [0, 0.1) is 0 Å². The van der Waals surface area contributed by atoms with Crippen LogP contribution in [0.2, 0.25) is 0 Å². The van der Waals surface area contributed by atoms with Crippen LogP contribution in [-0.4, -0.2) is 5.11 Å². The third-order valence-electron chi connectivity index (χ3n) is 2.68. The Kier molecular flexibility index (Phi) is 2.23. The van der Waals surface area contributed by atoms with Crippen molar-refractivity contribution in [3.05, 3.63) is 46.4 Å². The average molecular weight is 277 g/mol. The van der Waals surface area contributed by atoms with Crippen LogP contribution in [0.3, 0.4) is 0 Å². The molecule has 0 spiro atoms. The summed E-state index contributed by atoms with van der Waals surface area (Å²) in [5, 5.41) is 11.2. The van der Waals surface area contributed by atoms with Gasteiger partial charge in [0.05, 0.1) is 6.61 Å². The van der Waals surface area contributed by atoms with E-state index in [1.807, 2.05) is 36.4 Å². The molecule has 16 heavy (non-hydrogen) atoms. The van der Waals surface area contributed by atoms with Crippen LogP contribution in [0.5, 0.6) is 0 Å². The highest BCUT2D eigenvalue weighted by Crippen LogP contribution is 2.31. The molecule has 0 atom stereocenters. The van der Waals surface area contributed by atoms with E-state index < -0.39 is 0 Å². The lowest BCUT2D eigenvalue weighted by atomic mass is 10.1. The smallest absolute Gasteiger partial charge is 0.135 e. The molecule has 3 rings (SSSR count). The summed E-state index contributed by atoms with van der Waals surface area (Å²) in [5.74, 6) is 0. The van der Waals surface area contributed by atoms with Crippen molar-refractivity contribution >= 4 is 37.9 Å². The summed E-state index contributed by atoms with van der Waals surface area (Å²) in [7, 11) is 0. The zero-order valence-electron chi connectivity index (χ0n) is 8.40. The molecule has 0 amide bonds. The monoisotopic (exact) mass is 276 g/mol. The maximum Gasteiger partial charge on any atom is 0.135 e. The molecule has 0 aliphatic rings. The number of halogens is 1. The van der Waals surface area contributed by atoms with Gasteiger partial charge in [0.2, 0.25) is 0 Å². The van der Waals surface area contributed by atoms with Gasteiger partial charge in [0, 0.05) is 15.2 Å². The van der Waals surface area contributed by atoms with E-state index in [-0.39, 0.29) is 6.61 Å². The molecule has 0 unspecified atom stereocenters. The molecule has 1 aromatic heterocycles. The Hall–Kier alpha value is -1.32. The maximum atomic E-state index is 9.07. The second-order valence-corrected chi connectivity index (χ2v) is 4.65. The van der Waals surface area contributed by atoms with Gasteiger partial charge in [0.25, 0.3) is 0 Å². The summed E-state index contributed by atoms with van der Waals surface area (Å²) >= 11 is 3.45. The van der Waals surface area contributed by atoms with Crippen LogP contribution in [0.4, 0.5) is 0 Å². The zero-order chi connectivity index (χ0) is 11.1. The lowest BCUT2D eigenvalue weighted by Gasteiger charge is -1.94. The first-order chi connectivity index (χ1) is 7.78. The number of hydrogen-bond acceptors (Lipinski definition) is 2. The number of fused-ring (bicyclic) bond motifs is 3. The largest absolute Gasteiger partial charge is 0.456 e. The lowest BCUT2D eigenvalue weighted by Crippen LogP contribution is -1.80. The predicted molar refractivity (Wildman–Crippen MR) is 67.3 cm³/mol. The highest BCUT2D eigenvalue weighted by molar-refractivity contribution is 9.10. The highest BCUT2D eigenvalue weighted by atomic mass is 79.9. The van der Waals surface area contributed by atoms with Crippen molar-refractivity contribution in [1.82, 2.24) is 0 Å². The van der Waals surface area contributed by atoms with Crippen molar-refractivity contribution in [3.8, 4) is 0 Å². The van der Waals surface area contributed by atoms with E-state index in [2.05, 4.69) is 15.9 Å². The summed E-state index contributed by atoms with van der Waals surface area (Å²) in [6, 6.07) is 11.7. The summed E-state index contributed by atoms with van der Waals surface area (Å²) < 4.78 is 6.75. The van der Waals surface area contributed by atoms with E-state index in [0.29, 0.717) is 0 Å². The van der Waals surface area contributed by atoms with Crippen LogP contribution < -0.4 is 0 Å². The van der Waals surface area contributed by atoms with Crippen LogP contribution in [0.15, 0.2) is 45.3 Å². The average Bonchev–Trinajstić information content (AvgIpc) is 2.66. The Balaban J connectivity index is 2.41.